The lowest BCUT2D eigenvalue weighted by atomic mass is 10.3. The second-order valence-corrected chi connectivity index (χ2v) is 1.19. The van der Waals surface area contributed by atoms with E-state index in [4.69, 9.17) is 0 Å². The maximum absolute atomic E-state index is 9.62. The molecule has 0 aromatic carbocycles. The van der Waals surface area contributed by atoms with Crippen LogP contribution in [0.5, 0.6) is 0 Å². The van der Waals surface area contributed by atoms with E-state index in [1.54, 1.807) is 6.42 Å². The smallest absolute Gasteiger partial charge is 0.293 e. The van der Waals surface area contributed by atoms with Gasteiger partial charge < -0.3 is 9.53 Å². The van der Waals surface area contributed by atoms with Gasteiger partial charge in [0.05, 0.1) is 6.61 Å². The quantitative estimate of drug-likeness (QED) is 0.371. The van der Waals surface area contributed by atoms with Gasteiger partial charge in [0, 0.05) is 12.8 Å². The third-order valence-corrected chi connectivity index (χ3v) is 0.586. The summed E-state index contributed by atoms with van der Waals surface area (Å²) in [5.41, 5.74) is 0. The van der Waals surface area contributed by atoms with Gasteiger partial charge in [0.25, 0.3) is 6.47 Å². The Morgan fingerprint density at radius 2 is 2.00 bits per heavy atom. The molecule has 0 saturated heterocycles. The average molecular weight is 127 g/mol. The predicted molar refractivity (Wildman–Crippen MR) is 31.0 cm³/mol. The second kappa shape index (κ2) is 7.14. The summed E-state index contributed by atoms with van der Waals surface area (Å²) in [5.74, 6) is 0. The molecule has 0 aliphatic heterocycles. The summed E-state index contributed by atoms with van der Waals surface area (Å²) in [5, 5.41) is 0. The van der Waals surface area contributed by atoms with Gasteiger partial charge in [-0.15, -0.1) is 0 Å². The van der Waals surface area contributed by atoms with Crippen molar-refractivity contribution >= 4 is 12.8 Å². The zero-order valence-electron chi connectivity index (χ0n) is 4.82. The van der Waals surface area contributed by atoms with Crippen LogP contribution in [0.15, 0.2) is 0 Å². The van der Waals surface area contributed by atoms with Gasteiger partial charge in [-0.2, -0.15) is 0 Å². The second-order valence-electron chi connectivity index (χ2n) is 1.19. The van der Waals surface area contributed by atoms with E-state index in [9.17, 15) is 9.59 Å². The fourth-order valence-corrected chi connectivity index (χ4v) is 0.274. The molecule has 9 heavy (non-hydrogen) atoms. The molecule has 0 bridgehead atoms. The van der Waals surface area contributed by atoms with Crippen molar-refractivity contribution in [3.05, 3.63) is 19.3 Å². The Labute approximate surface area is 54.0 Å². The van der Waals surface area contributed by atoms with Crippen LogP contribution >= 0.6 is 0 Å². The Morgan fingerprint density at radius 1 is 1.22 bits per heavy atom. The Morgan fingerprint density at radius 3 is 2.56 bits per heavy atom. The SMILES string of the molecule is O=C[CH][CH][CH]COC=O. The minimum Gasteiger partial charge on any atom is -0.468 e. The highest BCUT2D eigenvalue weighted by molar-refractivity contribution is 5.63. The molecule has 0 amide bonds. The van der Waals surface area contributed by atoms with Crippen LogP contribution in [-0.4, -0.2) is 19.4 Å². The van der Waals surface area contributed by atoms with Crippen LogP contribution in [0.2, 0.25) is 0 Å². The first-order valence-electron chi connectivity index (χ1n) is 2.40. The fraction of sp³-hybridized carbons (Fsp3) is 0.167. The molecule has 0 aliphatic rings. The van der Waals surface area contributed by atoms with Crippen LogP contribution < -0.4 is 0 Å². The first-order chi connectivity index (χ1) is 4.41. The summed E-state index contributed by atoms with van der Waals surface area (Å²) in [7, 11) is 0. The van der Waals surface area contributed by atoms with E-state index in [1.165, 1.54) is 12.8 Å². The van der Waals surface area contributed by atoms with Gasteiger partial charge in [-0.1, -0.05) is 0 Å². The van der Waals surface area contributed by atoms with E-state index in [1.807, 2.05) is 0 Å². The van der Waals surface area contributed by atoms with Crippen molar-refractivity contribution in [2.75, 3.05) is 6.61 Å². The van der Waals surface area contributed by atoms with Gasteiger partial charge in [0.1, 0.15) is 6.29 Å². The van der Waals surface area contributed by atoms with Crippen molar-refractivity contribution in [1.82, 2.24) is 0 Å². The summed E-state index contributed by atoms with van der Waals surface area (Å²) in [6.45, 7) is 0.569. The summed E-state index contributed by atoms with van der Waals surface area (Å²) >= 11 is 0. The Kier molecular flexibility index (Phi) is 6.46. The Hall–Kier alpha value is -0.860. The average Bonchev–Trinajstić information content (AvgIpc) is 1.89. The summed E-state index contributed by atoms with van der Waals surface area (Å²) < 4.78 is 4.28. The van der Waals surface area contributed by atoms with Crippen LogP contribution in [0, 0.1) is 19.3 Å². The van der Waals surface area contributed by atoms with Gasteiger partial charge in [-0.05, 0) is 6.42 Å². The van der Waals surface area contributed by atoms with Gasteiger partial charge >= 0.3 is 0 Å². The molecule has 0 aromatic heterocycles. The summed E-state index contributed by atoms with van der Waals surface area (Å²) in [6.07, 6.45) is 5.03. The third-order valence-electron chi connectivity index (χ3n) is 0.586. The lowest BCUT2D eigenvalue weighted by Crippen LogP contribution is -1.93. The van der Waals surface area contributed by atoms with Crippen LogP contribution in [0.25, 0.3) is 0 Å². The molecule has 3 nitrogen and oxygen atoms in total. The maximum atomic E-state index is 9.62. The molecule has 0 spiro atoms. The van der Waals surface area contributed by atoms with Crippen molar-refractivity contribution < 1.29 is 14.3 Å². The molecule has 0 N–H and O–H groups in total. The molecule has 3 heteroatoms. The lowest BCUT2D eigenvalue weighted by molar-refractivity contribution is -0.127. The zero-order valence-corrected chi connectivity index (χ0v) is 4.82. The van der Waals surface area contributed by atoms with Crippen molar-refractivity contribution in [2.45, 2.75) is 0 Å². The Balaban J connectivity index is 2.74. The van der Waals surface area contributed by atoms with E-state index < -0.39 is 0 Å². The van der Waals surface area contributed by atoms with Crippen molar-refractivity contribution in [3.63, 3.8) is 0 Å². The van der Waals surface area contributed by atoms with Gasteiger partial charge in [0.2, 0.25) is 0 Å². The predicted octanol–water partition coefficient (Wildman–Crippen LogP) is -0.0288. The molecule has 0 heterocycles. The molecule has 0 unspecified atom stereocenters. The highest BCUT2D eigenvalue weighted by Gasteiger charge is 1.87. The highest BCUT2D eigenvalue weighted by Crippen LogP contribution is 1.86. The molecule has 49 valence electrons. The standard InChI is InChI=1S/C6H7O3/c7-4-2-1-3-5-9-6-8/h1-4,6H,5H2. The van der Waals surface area contributed by atoms with Crippen LogP contribution in [0.3, 0.4) is 0 Å². The molecule has 0 aliphatic carbocycles. The molecular weight excluding hydrogens is 120 g/mol. The third kappa shape index (κ3) is 7.14. The minimum absolute atomic E-state index is 0.216. The lowest BCUT2D eigenvalue weighted by Gasteiger charge is -1.92. The number of ether oxygens (including phenoxy) is 1. The molecule has 3 radical (unpaired) electrons. The first kappa shape index (κ1) is 8.14. The number of carbonyl (C=O) groups is 2. The van der Waals surface area contributed by atoms with Crippen LogP contribution in [0.4, 0.5) is 0 Å². The number of unbranched alkanes of at least 4 members (excludes halogenated alkanes) is 2. The molecule has 0 fully saturated rings. The molecule has 0 saturated carbocycles. The summed E-state index contributed by atoms with van der Waals surface area (Å²) in [4.78, 5) is 19.1. The molecule has 0 rings (SSSR count). The first-order valence-corrected chi connectivity index (χ1v) is 2.40. The zero-order chi connectivity index (χ0) is 6.95. The minimum atomic E-state index is 0.216. The largest absolute Gasteiger partial charge is 0.468 e. The van der Waals surface area contributed by atoms with Crippen molar-refractivity contribution in [1.29, 1.82) is 0 Å². The van der Waals surface area contributed by atoms with Gasteiger partial charge in [0.15, 0.2) is 0 Å². The molecular formula is C6H7O3. The number of aldehydes is 1. The topological polar surface area (TPSA) is 43.4 Å². The van der Waals surface area contributed by atoms with E-state index in [2.05, 4.69) is 4.74 Å². The number of rotatable bonds is 6. The monoisotopic (exact) mass is 127 g/mol. The number of hydrogen-bond donors (Lipinski definition) is 0. The normalized spacial score (nSPS) is 8.44. The van der Waals surface area contributed by atoms with Crippen molar-refractivity contribution in [2.24, 2.45) is 0 Å². The molecule has 0 atom stereocenters. The van der Waals surface area contributed by atoms with Crippen LogP contribution in [-0.2, 0) is 14.3 Å². The summed E-state index contributed by atoms with van der Waals surface area (Å²) in [6, 6.07) is 0. The fourth-order valence-electron chi connectivity index (χ4n) is 0.274. The number of hydrogen-bond acceptors (Lipinski definition) is 3. The van der Waals surface area contributed by atoms with Gasteiger partial charge in [-0.3, -0.25) is 4.79 Å². The van der Waals surface area contributed by atoms with Crippen molar-refractivity contribution in [3.8, 4) is 0 Å². The van der Waals surface area contributed by atoms with Gasteiger partial charge in [-0.25, -0.2) is 0 Å². The van der Waals surface area contributed by atoms with E-state index in [0.29, 0.717) is 12.8 Å². The Bertz CT molecular complexity index is 70.4. The van der Waals surface area contributed by atoms with Crippen LogP contribution in [0.1, 0.15) is 0 Å². The highest BCUT2D eigenvalue weighted by atomic mass is 16.5. The molecule has 0 aromatic rings. The maximum Gasteiger partial charge on any atom is 0.293 e. The number of carbonyl (C=O) groups excluding carboxylic acids is 2. The van der Waals surface area contributed by atoms with E-state index in [0.717, 1.165) is 0 Å². The van der Waals surface area contributed by atoms with E-state index >= 15 is 0 Å². The van der Waals surface area contributed by atoms with E-state index in [-0.39, 0.29) is 6.61 Å².